The summed E-state index contributed by atoms with van der Waals surface area (Å²) in [5.41, 5.74) is 4.01. The highest BCUT2D eigenvalue weighted by molar-refractivity contribution is 7.08. The molecule has 0 radical (unpaired) electrons. The molecule has 0 unspecified atom stereocenters. The summed E-state index contributed by atoms with van der Waals surface area (Å²) in [4.78, 5) is 12.8. The van der Waals surface area contributed by atoms with Gasteiger partial charge in [0.2, 0.25) is 0 Å². The predicted molar refractivity (Wildman–Crippen MR) is 80.5 cm³/mol. The Labute approximate surface area is 121 Å². The summed E-state index contributed by atoms with van der Waals surface area (Å²) in [7, 11) is 0. The average molecular weight is 288 g/mol. The van der Waals surface area contributed by atoms with Gasteiger partial charge >= 0.3 is 0 Å². The molecule has 2 aromatic rings. The number of aryl methyl sites for hydroxylation is 2. The molecule has 1 aromatic heterocycles. The third kappa shape index (κ3) is 2.51. The van der Waals surface area contributed by atoms with E-state index >= 15 is 0 Å². The molecule has 0 saturated heterocycles. The van der Waals surface area contributed by atoms with Crippen LogP contribution in [0.2, 0.25) is 0 Å². The lowest BCUT2D eigenvalue weighted by atomic mass is 10.0. The molecular formula is C14H16N4OS. The lowest BCUT2D eigenvalue weighted by molar-refractivity contribution is 0.102. The van der Waals surface area contributed by atoms with Crippen molar-refractivity contribution in [3.05, 3.63) is 34.3 Å². The molecule has 2 N–H and O–H groups in total. The zero-order valence-electron chi connectivity index (χ0n) is 11.3. The van der Waals surface area contributed by atoms with Gasteiger partial charge < -0.3 is 10.6 Å². The summed E-state index contributed by atoms with van der Waals surface area (Å²) in [6.45, 7) is 2.99. The van der Waals surface area contributed by atoms with E-state index < -0.39 is 0 Å². The molecule has 1 amide bonds. The molecule has 0 spiro atoms. The standard InChI is InChI=1S/C14H16N4OS/c1-2-11-13(20-18-17-11)14(19)16-10-5-6-12-9(8-10)4-3-7-15-12/h5-6,8,15H,2-4,7H2,1H3,(H,16,19). The van der Waals surface area contributed by atoms with Crippen LogP contribution in [0.3, 0.4) is 0 Å². The van der Waals surface area contributed by atoms with Gasteiger partial charge in [0.05, 0.1) is 5.69 Å². The van der Waals surface area contributed by atoms with Crippen LogP contribution in [-0.2, 0) is 12.8 Å². The molecule has 1 aliphatic rings. The minimum Gasteiger partial charge on any atom is -0.385 e. The lowest BCUT2D eigenvalue weighted by Crippen LogP contribution is -2.15. The highest BCUT2D eigenvalue weighted by Gasteiger charge is 2.16. The summed E-state index contributed by atoms with van der Waals surface area (Å²) >= 11 is 1.14. The van der Waals surface area contributed by atoms with E-state index in [9.17, 15) is 4.79 Å². The van der Waals surface area contributed by atoms with E-state index in [-0.39, 0.29) is 5.91 Å². The van der Waals surface area contributed by atoms with Crippen LogP contribution in [0.1, 0.15) is 34.3 Å². The molecule has 1 aliphatic heterocycles. The van der Waals surface area contributed by atoms with Gasteiger partial charge in [0.25, 0.3) is 5.91 Å². The van der Waals surface area contributed by atoms with Gasteiger partial charge in [-0.3, -0.25) is 4.79 Å². The summed E-state index contributed by atoms with van der Waals surface area (Å²) in [5, 5.41) is 10.3. The van der Waals surface area contributed by atoms with E-state index in [2.05, 4.69) is 20.2 Å². The molecule has 20 heavy (non-hydrogen) atoms. The van der Waals surface area contributed by atoms with Crippen molar-refractivity contribution in [1.82, 2.24) is 9.59 Å². The SMILES string of the molecule is CCc1nnsc1C(=O)Nc1ccc2c(c1)CCCN2. The highest BCUT2D eigenvalue weighted by atomic mass is 32.1. The summed E-state index contributed by atoms with van der Waals surface area (Å²) in [6.07, 6.45) is 2.89. The fraction of sp³-hybridized carbons (Fsp3) is 0.357. The number of hydrogen-bond acceptors (Lipinski definition) is 5. The number of carbonyl (C=O) groups excluding carboxylic acids is 1. The number of anilines is 2. The fourth-order valence-corrected chi connectivity index (χ4v) is 3.00. The molecule has 0 bridgehead atoms. The Morgan fingerprint density at radius 2 is 2.40 bits per heavy atom. The second-order valence-electron chi connectivity index (χ2n) is 4.76. The van der Waals surface area contributed by atoms with Crippen LogP contribution in [0.25, 0.3) is 0 Å². The Morgan fingerprint density at radius 1 is 1.50 bits per heavy atom. The Hall–Kier alpha value is -1.95. The average Bonchev–Trinajstić information content (AvgIpc) is 2.95. The number of rotatable bonds is 3. The van der Waals surface area contributed by atoms with Crippen molar-refractivity contribution < 1.29 is 4.79 Å². The maximum atomic E-state index is 12.2. The largest absolute Gasteiger partial charge is 0.385 e. The smallest absolute Gasteiger partial charge is 0.269 e. The quantitative estimate of drug-likeness (QED) is 0.911. The number of fused-ring (bicyclic) bond motifs is 1. The van der Waals surface area contributed by atoms with Gasteiger partial charge in [-0.15, -0.1) is 5.10 Å². The maximum Gasteiger partial charge on any atom is 0.269 e. The first-order chi connectivity index (χ1) is 9.78. The maximum absolute atomic E-state index is 12.2. The lowest BCUT2D eigenvalue weighted by Gasteiger charge is -2.18. The Morgan fingerprint density at radius 3 is 3.25 bits per heavy atom. The minimum absolute atomic E-state index is 0.124. The van der Waals surface area contributed by atoms with Crippen molar-refractivity contribution in [2.75, 3.05) is 17.2 Å². The zero-order valence-corrected chi connectivity index (χ0v) is 12.1. The molecule has 0 fully saturated rings. The van der Waals surface area contributed by atoms with Gasteiger partial charge in [-0.2, -0.15) is 0 Å². The van der Waals surface area contributed by atoms with Crippen LogP contribution in [-0.4, -0.2) is 22.0 Å². The molecule has 5 nitrogen and oxygen atoms in total. The molecule has 3 rings (SSSR count). The van der Waals surface area contributed by atoms with Gasteiger partial charge in [0.15, 0.2) is 0 Å². The van der Waals surface area contributed by atoms with Crippen molar-refractivity contribution in [3.8, 4) is 0 Å². The van der Waals surface area contributed by atoms with E-state index in [4.69, 9.17) is 0 Å². The van der Waals surface area contributed by atoms with Crippen molar-refractivity contribution in [2.24, 2.45) is 0 Å². The van der Waals surface area contributed by atoms with Crippen LogP contribution in [0.4, 0.5) is 11.4 Å². The number of benzene rings is 1. The third-order valence-corrected chi connectivity index (χ3v) is 4.17. The van der Waals surface area contributed by atoms with Crippen molar-refractivity contribution in [2.45, 2.75) is 26.2 Å². The molecule has 0 atom stereocenters. The van der Waals surface area contributed by atoms with Crippen molar-refractivity contribution in [3.63, 3.8) is 0 Å². The van der Waals surface area contributed by atoms with Crippen LogP contribution in [0.15, 0.2) is 18.2 Å². The van der Waals surface area contributed by atoms with Crippen molar-refractivity contribution in [1.29, 1.82) is 0 Å². The molecule has 1 aromatic carbocycles. The van der Waals surface area contributed by atoms with E-state index in [0.717, 1.165) is 42.3 Å². The summed E-state index contributed by atoms with van der Waals surface area (Å²) in [6, 6.07) is 5.99. The normalized spacial score (nSPS) is 13.4. The van der Waals surface area contributed by atoms with Gasteiger partial charge in [0.1, 0.15) is 4.88 Å². The third-order valence-electron chi connectivity index (χ3n) is 3.40. The van der Waals surface area contributed by atoms with Gasteiger partial charge in [0, 0.05) is 17.9 Å². The first-order valence-electron chi connectivity index (χ1n) is 6.77. The van der Waals surface area contributed by atoms with Crippen LogP contribution >= 0.6 is 11.5 Å². The molecule has 6 heteroatoms. The monoisotopic (exact) mass is 288 g/mol. The molecule has 2 heterocycles. The number of carbonyl (C=O) groups is 1. The minimum atomic E-state index is -0.124. The van der Waals surface area contributed by atoms with Crippen LogP contribution in [0.5, 0.6) is 0 Å². The Balaban J connectivity index is 1.79. The van der Waals surface area contributed by atoms with Crippen LogP contribution < -0.4 is 10.6 Å². The molecule has 0 saturated carbocycles. The Kier molecular flexibility index (Phi) is 3.64. The predicted octanol–water partition coefficient (Wildman–Crippen LogP) is 2.71. The van der Waals surface area contributed by atoms with Gasteiger partial charge in [-0.25, -0.2) is 0 Å². The number of aromatic nitrogens is 2. The van der Waals surface area contributed by atoms with E-state index in [1.54, 1.807) is 0 Å². The molecule has 0 aliphatic carbocycles. The van der Waals surface area contributed by atoms with E-state index in [0.29, 0.717) is 11.3 Å². The zero-order chi connectivity index (χ0) is 13.9. The number of nitrogens with one attached hydrogen (secondary N) is 2. The first-order valence-corrected chi connectivity index (χ1v) is 7.54. The van der Waals surface area contributed by atoms with Crippen molar-refractivity contribution >= 4 is 28.8 Å². The summed E-state index contributed by atoms with van der Waals surface area (Å²) in [5.74, 6) is -0.124. The van der Waals surface area contributed by atoms with Gasteiger partial charge in [-0.05, 0) is 54.6 Å². The first kappa shape index (κ1) is 13.1. The van der Waals surface area contributed by atoms with E-state index in [1.807, 2.05) is 25.1 Å². The number of nitrogens with zero attached hydrogens (tertiary/aromatic N) is 2. The number of hydrogen-bond donors (Lipinski definition) is 2. The second-order valence-corrected chi connectivity index (χ2v) is 5.51. The van der Waals surface area contributed by atoms with Gasteiger partial charge in [-0.1, -0.05) is 11.4 Å². The second kappa shape index (κ2) is 5.58. The Bertz CT molecular complexity index is 638. The number of amides is 1. The fourth-order valence-electron chi connectivity index (χ4n) is 2.35. The molecular weight excluding hydrogens is 272 g/mol. The highest BCUT2D eigenvalue weighted by Crippen LogP contribution is 2.25. The molecule has 104 valence electrons. The summed E-state index contributed by atoms with van der Waals surface area (Å²) < 4.78 is 3.85. The van der Waals surface area contributed by atoms with Crippen LogP contribution in [0, 0.1) is 0 Å². The topological polar surface area (TPSA) is 66.9 Å². The van der Waals surface area contributed by atoms with E-state index in [1.165, 1.54) is 11.3 Å².